The van der Waals surface area contributed by atoms with Crippen molar-refractivity contribution >= 4 is 20.9 Å². The number of nitrogens with one attached hydrogen (secondary N) is 1. The molecule has 0 bridgehead atoms. The summed E-state index contributed by atoms with van der Waals surface area (Å²) in [6.45, 7) is 8.24. The lowest BCUT2D eigenvalue weighted by Crippen LogP contribution is -2.32. The lowest BCUT2D eigenvalue weighted by atomic mass is 9.87. The van der Waals surface area contributed by atoms with Crippen LogP contribution in [0.2, 0.25) is 0 Å². The first-order chi connectivity index (χ1) is 16.1. The fourth-order valence-electron chi connectivity index (χ4n) is 3.91. The first-order valence-corrected chi connectivity index (χ1v) is 12.8. The number of aromatic nitrogens is 1. The number of rotatable bonds is 7. The summed E-state index contributed by atoms with van der Waals surface area (Å²) in [6.07, 6.45) is 2.38. The van der Waals surface area contributed by atoms with Gasteiger partial charge in [-0.2, -0.15) is 4.31 Å². The van der Waals surface area contributed by atoms with Crippen molar-refractivity contribution < 1.29 is 12.8 Å². The van der Waals surface area contributed by atoms with Crippen LogP contribution in [0.4, 0.5) is 0 Å². The average Bonchev–Trinajstić information content (AvgIpc) is 3.31. The quantitative estimate of drug-likeness (QED) is 0.387. The van der Waals surface area contributed by atoms with Crippen molar-refractivity contribution in [1.82, 2.24) is 9.29 Å². The zero-order chi connectivity index (χ0) is 24.5. The highest BCUT2D eigenvalue weighted by Crippen LogP contribution is 2.26. The molecule has 0 spiro atoms. The molecule has 4 aromatic rings. The van der Waals surface area contributed by atoms with Gasteiger partial charge in [-0.1, -0.05) is 45.9 Å². The summed E-state index contributed by atoms with van der Waals surface area (Å²) in [7, 11) is -3.90. The van der Waals surface area contributed by atoms with E-state index in [4.69, 9.17) is 4.42 Å². The van der Waals surface area contributed by atoms with Crippen molar-refractivity contribution in [2.45, 2.75) is 57.5 Å². The summed E-state index contributed by atoms with van der Waals surface area (Å²) < 4.78 is 34.1. The van der Waals surface area contributed by atoms with E-state index < -0.39 is 10.0 Å². The highest BCUT2D eigenvalue weighted by Gasteiger charge is 2.27. The van der Waals surface area contributed by atoms with Crippen LogP contribution in [0.1, 0.15) is 50.1 Å². The molecule has 2 heterocycles. The van der Waals surface area contributed by atoms with Crippen molar-refractivity contribution in [1.29, 1.82) is 0 Å². The molecule has 34 heavy (non-hydrogen) atoms. The van der Waals surface area contributed by atoms with Gasteiger partial charge in [-0.15, -0.1) is 0 Å². The Morgan fingerprint density at radius 1 is 0.971 bits per heavy atom. The average molecular weight is 479 g/mol. The molecule has 0 saturated carbocycles. The maximum absolute atomic E-state index is 13.7. The number of benzene rings is 2. The van der Waals surface area contributed by atoms with Gasteiger partial charge in [0.2, 0.25) is 10.0 Å². The van der Waals surface area contributed by atoms with Gasteiger partial charge in [0.1, 0.15) is 5.76 Å². The Kier molecular flexibility index (Phi) is 6.51. The van der Waals surface area contributed by atoms with Crippen LogP contribution in [0, 0.1) is 0 Å². The highest BCUT2D eigenvalue weighted by molar-refractivity contribution is 7.89. The number of aromatic amines is 1. The maximum atomic E-state index is 13.7. The molecule has 0 aliphatic heterocycles. The number of H-pyrrole nitrogens is 1. The first-order valence-electron chi connectivity index (χ1n) is 11.4. The molecule has 0 unspecified atom stereocenters. The molecule has 0 saturated heterocycles. The third kappa shape index (κ3) is 5.00. The van der Waals surface area contributed by atoms with Crippen LogP contribution in [-0.2, 0) is 34.9 Å². The lowest BCUT2D eigenvalue weighted by Gasteiger charge is -2.23. The monoisotopic (exact) mass is 478 g/mol. The largest absolute Gasteiger partial charge is 0.468 e. The van der Waals surface area contributed by atoms with Crippen molar-refractivity contribution in [2.24, 2.45) is 0 Å². The van der Waals surface area contributed by atoms with Crippen molar-refractivity contribution in [3.8, 4) is 0 Å². The molecule has 0 aliphatic carbocycles. The predicted molar refractivity (Wildman–Crippen MR) is 134 cm³/mol. The number of pyridine rings is 1. The number of sulfonamides is 1. The Hall–Kier alpha value is -3.16. The summed E-state index contributed by atoms with van der Waals surface area (Å²) in [6, 6.07) is 18.0. The van der Waals surface area contributed by atoms with Gasteiger partial charge in [-0.25, -0.2) is 8.42 Å². The van der Waals surface area contributed by atoms with Gasteiger partial charge in [0.15, 0.2) is 0 Å². The Bertz CT molecular complexity index is 1450. The number of furan rings is 1. The Labute approximate surface area is 200 Å². The summed E-state index contributed by atoms with van der Waals surface area (Å²) in [5.74, 6) is 0.500. The third-order valence-corrected chi connectivity index (χ3v) is 7.82. The topological polar surface area (TPSA) is 83.4 Å². The van der Waals surface area contributed by atoms with Crippen molar-refractivity contribution in [2.75, 3.05) is 0 Å². The van der Waals surface area contributed by atoms with E-state index in [1.54, 1.807) is 30.3 Å². The molecule has 6 nitrogen and oxygen atoms in total. The van der Waals surface area contributed by atoms with Gasteiger partial charge in [0, 0.05) is 17.6 Å². The summed E-state index contributed by atoms with van der Waals surface area (Å²) in [5, 5.41) is 0.874. The zero-order valence-electron chi connectivity index (χ0n) is 20.0. The predicted octanol–water partition coefficient (Wildman–Crippen LogP) is 5.37. The molecule has 178 valence electrons. The smallest absolute Gasteiger partial charge is 0.252 e. The van der Waals surface area contributed by atoms with Gasteiger partial charge in [0.25, 0.3) is 5.56 Å². The van der Waals surface area contributed by atoms with E-state index in [2.05, 4.69) is 32.7 Å². The Morgan fingerprint density at radius 3 is 2.32 bits per heavy atom. The summed E-state index contributed by atoms with van der Waals surface area (Å²) >= 11 is 0. The van der Waals surface area contributed by atoms with Crippen molar-refractivity contribution in [3.63, 3.8) is 0 Å². The first kappa shape index (κ1) is 24.0. The van der Waals surface area contributed by atoms with E-state index in [0.717, 1.165) is 28.5 Å². The minimum Gasteiger partial charge on any atom is -0.468 e. The van der Waals surface area contributed by atoms with Gasteiger partial charge >= 0.3 is 0 Å². The molecular weight excluding hydrogens is 448 g/mol. The molecule has 0 amide bonds. The van der Waals surface area contributed by atoms with E-state index in [1.807, 2.05) is 30.3 Å². The maximum Gasteiger partial charge on any atom is 0.252 e. The molecule has 0 radical (unpaired) electrons. The van der Waals surface area contributed by atoms with E-state index in [-0.39, 0.29) is 29.0 Å². The molecule has 2 aromatic carbocycles. The number of fused-ring (bicyclic) bond motifs is 1. The Morgan fingerprint density at radius 2 is 1.71 bits per heavy atom. The number of aryl methyl sites for hydroxylation is 1. The second kappa shape index (κ2) is 9.24. The highest BCUT2D eigenvalue weighted by atomic mass is 32.2. The lowest BCUT2D eigenvalue weighted by molar-refractivity contribution is 0.357. The molecule has 7 heteroatoms. The van der Waals surface area contributed by atoms with Gasteiger partial charge in [-0.05, 0) is 70.8 Å². The normalized spacial score (nSPS) is 12.5. The molecule has 0 fully saturated rings. The molecule has 0 atom stereocenters. The van der Waals surface area contributed by atoms with Crippen LogP contribution in [0.15, 0.2) is 81.0 Å². The van der Waals surface area contributed by atoms with Crippen LogP contribution >= 0.6 is 0 Å². The number of hydrogen-bond acceptors (Lipinski definition) is 4. The van der Waals surface area contributed by atoms with Crippen LogP contribution < -0.4 is 5.56 Å². The van der Waals surface area contributed by atoms with Crippen LogP contribution in [0.25, 0.3) is 10.9 Å². The zero-order valence-corrected chi connectivity index (χ0v) is 20.8. The SMILES string of the molecule is CCc1ccc2[nH]c(=O)c(CN(Cc3ccco3)S(=O)(=O)c3ccc(C(C)(C)C)cc3)cc2c1. The van der Waals surface area contributed by atoms with Crippen LogP contribution in [0.5, 0.6) is 0 Å². The summed E-state index contributed by atoms with van der Waals surface area (Å²) in [5.41, 5.74) is 2.89. The molecule has 1 N–H and O–H groups in total. The van der Waals surface area contributed by atoms with E-state index >= 15 is 0 Å². The molecular formula is C27H30N2O4S. The fraction of sp³-hybridized carbons (Fsp3) is 0.296. The van der Waals surface area contributed by atoms with Gasteiger partial charge in [0.05, 0.1) is 17.7 Å². The van der Waals surface area contributed by atoms with E-state index in [0.29, 0.717) is 11.3 Å². The molecule has 4 rings (SSSR count). The minimum atomic E-state index is -3.90. The van der Waals surface area contributed by atoms with E-state index in [9.17, 15) is 13.2 Å². The standard InChI is InChI=1S/C27H30N2O4S/c1-5-19-8-13-25-20(15-19)16-21(26(30)28-25)17-29(18-23-7-6-14-33-23)34(31,32)24-11-9-22(10-12-24)27(2,3)4/h6-16H,5,17-18H2,1-4H3,(H,28,30). The number of nitrogens with zero attached hydrogens (tertiary/aromatic N) is 1. The second-order valence-corrected chi connectivity index (χ2v) is 11.5. The molecule has 0 aliphatic rings. The van der Waals surface area contributed by atoms with Gasteiger partial charge < -0.3 is 9.40 Å². The fourth-order valence-corrected chi connectivity index (χ4v) is 5.29. The Balaban J connectivity index is 1.74. The minimum absolute atomic E-state index is 0.0167. The van der Waals surface area contributed by atoms with Gasteiger partial charge in [-0.3, -0.25) is 4.79 Å². The second-order valence-electron chi connectivity index (χ2n) is 9.53. The van der Waals surface area contributed by atoms with Crippen molar-refractivity contribution in [3.05, 3.63) is 99.7 Å². The molecule has 2 aromatic heterocycles. The summed E-state index contributed by atoms with van der Waals surface area (Å²) in [4.78, 5) is 15.9. The van der Waals surface area contributed by atoms with Crippen LogP contribution in [0.3, 0.4) is 0 Å². The van der Waals surface area contributed by atoms with Crippen LogP contribution in [-0.4, -0.2) is 17.7 Å². The third-order valence-electron chi connectivity index (χ3n) is 6.01. The number of hydrogen-bond donors (Lipinski definition) is 1. The van der Waals surface area contributed by atoms with E-state index in [1.165, 1.54) is 10.6 Å².